The maximum atomic E-state index is 13.7. The molecule has 0 saturated carbocycles. The van der Waals surface area contributed by atoms with Crippen molar-refractivity contribution >= 4 is 5.97 Å². The number of hydrogen-bond donors (Lipinski definition) is 0. The van der Waals surface area contributed by atoms with E-state index in [1.165, 1.54) is 0 Å². The van der Waals surface area contributed by atoms with E-state index >= 15 is 0 Å². The molecule has 0 amide bonds. The van der Waals surface area contributed by atoms with Crippen LogP contribution in [0.4, 0.5) is 4.39 Å². The summed E-state index contributed by atoms with van der Waals surface area (Å²) < 4.78 is 18.3. The molecule has 1 aliphatic rings. The molecule has 0 bridgehead atoms. The van der Waals surface area contributed by atoms with E-state index in [1.807, 2.05) is 27.7 Å². The van der Waals surface area contributed by atoms with Crippen LogP contribution in [0.2, 0.25) is 0 Å². The summed E-state index contributed by atoms with van der Waals surface area (Å²) in [5.41, 5.74) is -0.586. The van der Waals surface area contributed by atoms with Crippen LogP contribution in [0.25, 0.3) is 0 Å². The van der Waals surface area contributed by atoms with Crippen molar-refractivity contribution in [3.63, 3.8) is 0 Å². The number of esters is 1. The van der Waals surface area contributed by atoms with Gasteiger partial charge in [-0.2, -0.15) is 5.06 Å². The fourth-order valence-corrected chi connectivity index (χ4v) is 2.60. The van der Waals surface area contributed by atoms with Crippen LogP contribution >= 0.6 is 0 Å². The molecule has 1 unspecified atom stereocenters. The lowest BCUT2D eigenvalue weighted by Gasteiger charge is -2.51. The average molecular weight is 261 g/mol. The minimum absolute atomic E-state index is 0.148. The highest BCUT2D eigenvalue weighted by Gasteiger charge is 2.44. The van der Waals surface area contributed by atoms with Gasteiger partial charge in [0.25, 0.3) is 0 Å². The smallest absolute Gasteiger partial charge is 0.370 e. The van der Waals surface area contributed by atoms with Crippen LogP contribution < -0.4 is 0 Å². The summed E-state index contributed by atoms with van der Waals surface area (Å²) in [4.78, 5) is 16.5. The molecule has 0 radical (unpaired) electrons. The molecule has 106 valence electrons. The van der Waals surface area contributed by atoms with Crippen molar-refractivity contribution < 1.29 is 18.8 Å². The fourth-order valence-electron chi connectivity index (χ4n) is 2.60. The van der Waals surface area contributed by atoms with Crippen LogP contribution in [0, 0.1) is 0 Å². The summed E-state index contributed by atoms with van der Waals surface area (Å²) in [5.74, 6) is -0.963. The Balaban J connectivity index is 2.75. The number of nitrogens with zero attached hydrogens (tertiary/aromatic N) is 1. The van der Waals surface area contributed by atoms with Crippen LogP contribution in [0.3, 0.4) is 0 Å². The topological polar surface area (TPSA) is 38.8 Å². The number of carbonyl (C=O) groups is 1. The summed E-state index contributed by atoms with van der Waals surface area (Å²) in [5, 5.41) is 1.62. The van der Waals surface area contributed by atoms with Gasteiger partial charge in [0.15, 0.2) is 0 Å². The molecule has 1 fully saturated rings. The molecular weight excluding hydrogens is 237 g/mol. The number of piperidine rings is 1. The number of hydrogen-bond acceptors (Lipinski definition) is 4. The normalized spacial score (nSPS) is 24.6. The van der Waals surface area contributed by atoms with Crippen molar-refractivity contribution in [1.82, 2.24) is 5.06 Å². The lowest BCUT2D eigenvalue weighted by atomic mass is 9.82. The van der Waals surface area contributed by atoms with Gasteiger partial charge in [-0.25, -0.2) is 14.0 Å². The lowest BCUT2D eigenvalue weighted by molar-refractivity contribution is -0.323. The Kier molecular flexibility index (Phi) is 4.72. The predicted molar refractivity (Wildman–Crippen MR) is 66.5 cm³/mol. The molecule has 0 aliphatic carbocycles. The zero-order valence-corrected chi connectivity index (χ0v) is 12.0. The summed E-state index contributed by atoms with van der Waals surface area (Å²) in [7, 11) is 0. The van der Waals surface area contributed by atoms with Gasteiger partial charge >= 0.3 is 12.3 Å². The first kappa shape index (κ1) is 15.4. The van der Waals surface area contributed by atoms with Gasteiger partial charge in [0.05, 0.1) is 6.61 Å². The molecule has 1 atom stereocenters. The van der Waals surface area contributed by atoms with Gasteiger partial charge in [0.1, 0.15) is 0 Å². The molecule has 4 nitrogen and oxygen atoms in total. The van der Waals surface area contributed by atoms with Crippen LogP contribution in [0.15, 0.2) is 0 Å². The van der Waals surface area contributed by atoms with Gasteiger partial charge < -0.3 is 4.74 Å². The standard InChI is InChI=1S/C13H24FNO3/c1-6-17-11(16)10(14)18-15-12(2,3)8-7-9-13(15,4)5/h10H,6-9H2,1-5H3. The third-order valence-corrected chi connectivity index (χ3v) is 3.35. The van der Waals surface area contributed by atoms with E-state index in [1.54, 1.807) is 12.0 Å². The average Bonchev–Trinajstić information content (AvgIpc) is 2.23. The number of halogens is 1. The molecule has 1 rings (SSSR count). The van der Waals surface area contributed by atoms with Gasteiger partial charge in [-0.3, -0.25) is 0 Å². The Morgan fingerprint density at radius 3 is 2.22 bits per heavy atom. The Morgan fingerprint density at radius 2 is 1.78 bits per heavy atom. The first-order valence-corrected chi connectivity index (χ1v) is 6.48. The second kappa shape index (κ2) is 5.53. The number of alkyl halides is 1. The zero-order valence-electron chi connectivity index (χ0n) is 12.0. The van der Waals surface area contributed by atoms with Crippen LogP contribution in [0.5, 0.6) is 0 Å². The monoisotopic (exact) mass is 261 g/mol. The fraction of sp³-hybridized carbons (Fsp3) is 0.923. The van der Waals surface area contributed by atoms with Crippen molar-refractivity contribution in [2.45, 2.75) is 71.3 Å². The maximum absolute atomic E-state index is 13.7. The van der Waals surface area contributed by atoms with Gasteiger partial charge in [-0.05, 0) is 53.9 Å². The molecule has 18 heavy (non-hydrogen) atoms. The second-order valence-corrected chi connectivity index (χ2v) is 5.95. The largest absolute Gasteiger partial charge is 0.462 e. The minimum atomic E-state index is -2.05. The van der Waals surface area contributed by atoms with Gasteiger partial charge in [-0.1, -0.05) is 0 Å². The lowest BCUT2D eigenvalue weighted by Crippen LogP contribution is -2.59. The van der Waals surface area contributed by atoms with Gasteiger partial charge in [-0.15, -0.1) is 0 Å². The highest BCUT2D eigenvalue weighted by Crippen LogP contribution is 2.38. The van der Waals surface area contributed by atoms with E-state index in [-0.39, 0.29) is 17.7 Å². The van der Waals surface area contributed by atoms with Crippen molar-refractivity contribution in [1.29, 1.82) is 0 Å². The SMILES string of the molecule is CCOC(=O)C(F)ON1C(C)(C)CCCC1(C)C. The van der Waals surface area contributed by atoms with Crippen molar-refractivity contribution in [2.75, 3.05) is 6.61 Å². The first-order chi connectivity index (χ1) is 8.20. The maximum Gasteiger partial charge on any atom is 0.370 e. The molecule has 5 heteroatoms. The number of hydroxylamine groups is 2. The molecule has 0 N–H and O–H groups in total. The quantitative estimate of drug-likeness (QED) is 0.729. The molecule has 0 aromatic carbocycles. The van der Waals surface area contributed by atoms with E-state index in [4.69, 9.17) is 4.84 Å². The van der Waals surface area contributed by atoms with Gasteiger partial charge in [0, 0.05) is 11.1 Å². The predicted octanol–water partition coefficient (Wildman–Crippen LogP) is 2.82. The Bertz CT molecular complexity index is 289. The molecule has 1 heterocycles. The van der Waals surface area contributed by atoms with E-state index in [0.717, 1.165) is 19.3 Å². The van der Waals surface area contributed by atoms with E-state index in [0.29, 0.717) is 0 Å². The molecular formula is C13H24FNO3. The Labute approximate surface area is 108 Å². The van der Waals surface area contributed by atoms with Gasteiger partial charge in [0.2, 0.25) is 0 Å². The first-order valence-electron chi connectivity index (χ1n) is 6.48. The molecule has 1 saturated heterocycles. The highest BCUT2D eigenvalue weighted by molar-refractivity contribution is 5.72. The minimum Gasteiger partial charge on any atom is -0.462 e. The third-order valence-electron chi connectivity index (χ3n) is 3.35. The zero-order chi connectivity index (χ0) is 14.0. The Hall–Kier alpha value is -0.680. The Morgan fingerprint density at radius 1 is 1.28 bits per heavy atom. The summed E-state index contributed by atoms with van der Waals surface area (Å²) in [6, 6.07) is 0. The third kappa shape index (κ3) is 3.42. The highest BCUT2D eigenvalue weighted by atomic mass is 19.1. The second-order valence-electron chi connectivity index (χ2n) is 5.95. The number of ether oxygens (including phenoxy) is 1. The molecule has 1 aliphatic heterocycles. The molecule has 0 aromatic heterocycles. The van der Waals surface area contributed by atoms with Crippen LogP contribution in [-0.4, -0.2) is 35.1 Å². The van der Waals surface area contributed by atoms with E-state index in [9.17, 15) is 9.18 Å². The number of carbonyl (C=O) groups excluding carboxylic acids is 1. The van der Waals surface area contributed by atoms with Crippen LogP contribution in [0.1, 0.15) is 53.9 Å². The molecule has 0 aromatic rings. The summed E-state index contributed by atoms with van der Waals surface area (Å²) >= 11 is 0. The summed E-state index contributed by atoms with van der Waals surface area (Å²) in [6.07, 6.45) is 0.829. The van der Waals surface area contributed by atoms with Crippen molar-refractivity contribution in [2.24, 2.45) is 0 Å². The van der Waals surface area contributed by atoms with E-state index in [2.05, 4.69) is 4.74 Å². The van der Waals surface area contributed by atoms with Crippen LogP contribution in [-0.2, 0) is 14.4 Å². The van der Waals surface area contributed by atoms with E-state index < -0.39 is 12.3 Å². The van der Waals surface area contributed by atoms with Crippen molar-refractivity contribution in [3.8, 4) is 0 Å². The van der Waals surface area contributed by atoms with Crippen molar-refractivity contribution in [3.05, 3.63) is 0 Å². The number of rotatable bonds is 4. The molecule has 0 spiro atoms. The summed E-state index contributed by atoms with van der Waals surface area (Å²) in [6.45, 7) is 9.75.